The van der Waals surface area contributed by atoms with Gasteiger partial charge in [0.15, 0.2) is 0 Å². The zero-order chi connectivity index (χ0) is 15.2. The molecule has 1 aromatic rings. The highest BCUT2D eigenvalue weighted by atomic mass is 35.5. The number of carbonyl (C=O) groups is 2. The lowest BCUT2D eigenvalue weighted by Crippen LogP contribution is -2.37. The van der Waals surface area contributed by atoms with Crippen LogP contribution >= 0.6 is 23.4 Å². The van der Waals surface area contributed by atoms with Crippen LogP contribution in [0.1, 0.15) is 24.8 Å². The van der Waals surface area contributed by atoms with Crippen LogP contribution in [-0.4, -0.2) is 29.4 Å². The van der Waals surface area contributed by atoms with Gasteiger partial charge in [-0.25, -0.2) is 0 Å². The number of benzene rings is 1. The topological polar surface area (TPSA) is 55.4 Å². The highest BCUT2D eigenvalue weighted by molar-refractivity contribution is 8.14. The molecule has 0 aromatic heterocycles. The summed E-state index contributed by atoms with van der Waals surface area (Å²) in [6.07, 6.45) is 1.71. The van der Waals surface area contributed by atoms with E-state index in [9.17, 15) is 9.59 Å². The quantitative estimate of drug-likeness (QED) is 0.816. The summed E-state index contributed by atoms with van der Waals surface area (Å²) in [4.78, 5) is 23.1. The predicted molar refractivity (Wildman–Crippen MR) is 84.9 cm³/mol. The van der Waals surface area contributed by atoms with E-state index in [1.54, 1.807) is 6.07 Å². The summed E-state index contributed by atoms with van der Waals surface area (Å²) in [5.74, 6) is 1.48. The van der Waals surface area contributed by atoms with Crippen molar-refractivity contribution in [2.45, 2.75) is 32.2 Å². The molecule has 0 radical (unpaired) electrons. The lowest BCUT2D eigenvalue weighted by atomic mass is 10.2. The molecule has 0 unspecified atom stereocenters. The molecular formula is C15H18ClNO3S. The first-order valence-electron chi connectivity index (χ1n) is 6.91. The van der Waals surface area contributed by atoms with Crippen molar-refractivity contribution in [3.8, 4) is 5.75 Å². The van der Waals surface area contributed by atoms with Crippen molar-refractivity contribution in [2.24, 2.45) is 0 Å². The maximum absolute atomic E-state index is 11.7. The second-order valence-electron chi connectivity index (χ2n) is 4.94. The average molecular weight is 328 g/mol. The van der Waals surface area contributed by atoms with Crippen LogP contribution in [0.2, 0.25) is 5.02 Å². The molecule has 1 N–H and O–H groups in total. The van der Waals surface area contributed by atoms with Gasteiger partial charge in [0.05, 0.1) is 12.6 Å². The van der Waals surface area contributed by atoms with E-state index in [0.29, 0.717) is 24.5 Å². The van der Waals surface area contributed by atoms with Gasteiger partial charge in [-0.1, -0.05) is 23.4 Å². The van der Waals surface area contributed by atoms with E-state index in [1.807, 2.05) is 19.1 Å². The first-order chi connectivity index (χ1) is 10.1. The minimum absolute atomic E-state index is 0.0661. The monoisotopic (exact) mass is 327 g/mol. The maximum Gasteiger partial charge on any atom is 0.220 e. The Morgan fingerprint density at radius 2 is 2.33 bits per heavy atom. The number of nitrogens with one attached hydrogen (secondary N) is 1. The van der Waals surface area contributed by atoms with Gasteiger partial charge in [0.1, 0.15) is 5.75 Å². The third-order valence-corrected chi connectivity index (χ3v) is 4.46. The zero-order valence-corrected chi connectivity index (χ0v) is 13.4. The van der Waals surface area contributed by atoms with E-state index in [2.05, 4.69) is 5.32 Å². The standard InChI is InChI=1S/C15H18ClNO3S/c1-10-9-11(16)4-5-13(10)20-7-2-3-14(18)17-12-6-8-21-15(12)19/h4-5,9,12H,2-3,6-8H2,1H3,(H,17,18)/t12-/m1/s1. The van der Waals surface area contributed by atoms with Crippen molar-refractivity contribution < 1.29 is 14.3 Å². The van der Waals surface area contributed by atoms with Gasteiger partial charge in [0.2, 0.25) is 11.0 Å². The van der Waals surface area contributed by atoms with Crippen LogP contribution in [0.3, 0.4) is 0 Å². The molecule has 4 nitrogen and oxygen atoms in total. The molecule has 6 heteroatoms. The van der Waals surface area contributed by atoms with E-state index in [0.717, 1.165) is 23.5 Å². The molecule has 0 spiro atoms. The number of hydrogen-bond acceptors (Lipinski definition) is 4. The van der Waals surface area contributed by atoms with Gasteiger partial charge in [0.25, 0.3) is 0 Å². The van der Waals surface area contributed by atoms with Crippen LogP contribution in [0.15, 0.2) is 18.2 Å². The maximum atomic E-state index is 11.7. The van der Waals surface area contributed by atoms with Crippen molar-refractivity contribution in [3.05, 3.63) is 28.8 Å². The van der Waals surface area contributed by atoms with Gasteiger partial charge in [-0.3, -0.25) is 9.59 Å². The molecule has 1 saturated heterocycles. The summed E-state index contributed by atoms with van der Waals surface area (Å²) < 4.78 is 5.62. The van der Waals surface area contributed by atoms with Crippen LogP contribution in [0, 0.1) is 6.92 Å². The van der Waals surface area contributed by atoms with Gasteiger partial charge in [-0.05, 0) is 43.5 Å². The number of rotatable bonds is 6. The van der Waals surface area contributed by atoms with Gasteiger partial charge in [-0.2, -0.15) is 0 Å². The zero-order valence-electron chi connectivity index (χ0n) is 11.9. The van der Waals surface area contributed by atoms with Gasteiger partial charge < -0.3 is 10.1 Å². The van der Waals surface area contributed by atoms with E-state index < -0.39 is 0 Å². The Hall–Kier alpha value is -1.20. The first-order valence-corrected chi connectivity index (χ1v) is 8.27. The third kappa shape index (κ3) is 4.93. The molecular weight excluding hydrogens is 310 g/mol. The van der Waals surface area contributed by atoms with E-state index in [1.165, 1.54) is 11.8 Å². The smallest absolute Gasteiger partial charge is 0.220 e. The summed E-state index contributed by atoms with van der Waals surface area (Å²) in [5, 5.41) is 3.51. The first kappa shape index (κ1) is 16.2. The molecule has 114 valence electrons. The van der Waals surface area contributed by atoms with E-state index in [-0.39, 0.29) is 17.1 Å². The number of ether oxygens (including phenoxy) is 1. The van der Waals surface area contributed by atoms with Crippen molar-refractivity contribution in [1.82, 2.24) is 5.32 Å². The van der Waals surface area contributed by atoms with Crippen molar-refractivity contribution >= 4 is 34.4 Å². The molecule has 2 rings (SSSR count). The summed E-state index contributed by atoms with van der Waals surface area (Å²) in [7, 11) is 0. The molecule has 1 aliphatic rings. The molecule has 1 aliphatic heterocycles. The fraction of sp³-hybridized carbons (Fsp3) is 0.467. The lowest BCUT2D eigenvalue weighted by Gasteiger charge is -2.11. The molecule has 1 aromatic carbocycles. The minimum atomic E-state index is -0.304. The lowest BCUT2D eigenvalue weighted by molar-refractivity contribution is -0.124. The van der Waals surface area contributed by atoms with Crippen molar-refractivity contribution in [2.75, 3.05) is 12.4 Å². The molecule has 1 fully saturated rings. The highest BCUT2D eigenvalue weighted by Crippen LogP contribution is 2.22. The minimum Gasteiger partial charge on any atom is -0.493 e. The fourth-order valence-corrected chi connectivity index (χ4v) is 3.24. The summed E-state index contributed by atoms with van der Waals surface area (Å²) in [6.45, 7) is 2.39. The Kier molecular flexibility index (Phi) is 5.94. The van der Waals surface area contributed by atoms with Gasteiger partial charge in [0, 0.05) is 17.2 Å². The highest BCUT2D eigenvalue weighted by Gasteiger charge is 2.26. The summed E-state index contributed by atoms with van der Waals surface area (Å²) in [6, 6.07) is 5.14. The normalized spacial score (nSPS) is 17.8. The van der Waals surface area contributed by atoms with Crippen molar-refractivity contribution in [1.29, 1.82) is 0 Å². The van der Waals surface area contributed by atoms with E-state index in [4.69, 9.17) is 16.3 Å². The number of hydrogen-bond donors (Lipinski definition) is 1. The molecule has 0 bridgehead atoms. The largest absolute Gasteiger partial charge is 0.493 e. The average Bonchev–Trinajstić information content (AvgIpc) is 2.82. The SMILES string of the molecule is Cc1cc(Cl)ccc1OCCCC(=O)N[C@@H]1CCSC1=O. The van der Waals surface area contributed by atoms with Crippen LogP contribution in [0.25, 0.3) is 0 Å². The number of thioether (sulfide) groups is 1. The molecule has 1 amide bonds. The van der Waals surface area contributed by atoms with E-state index >= 15 is 0 Å². The Balaban J connectivity index is 1.67. The van der Waals surface area contributed by atoms with Gasteiger partial charge >= 0.3 is 0 Å². The van der Waals surface area contributed by atoms with Gasteiger partial charge in [-0.15, -0.1) is 0 Å². The van der Waals surface area contributed by atoms with Crippen LogP contribution in [-0.2, 0) is 9.59 Å². The predicted octanol–water partition coefficient (Wildman–Crippen LogP) is 2.96. The Morgan fingerprint density at radius 3 is 3.00 bits per heavy atom. The molecule has 0 aliphatic carbocycles. The molecule has 21 heavy (non-hydrogen) atoms. The van der Waals surface area contributed by atoms with Crippen LogP contribution < -0.4 is 10.1 Å². The Morgan fingerprint density at radius 1 is 1.52 bits per heavy atom. The Bertz CT molecular complexity index is 536. The molecule has 0 saturated carbocycles. The third-order valence-electron chi connectivity index (χ3n) is 3.21. The number of carbonyl (C=O) groups excluding carboxylic acids is 2. The second kappa shape index (κ2) is 7.71. The molecule has 1 heterocycles. The second-order valence-corrected chi connectivity index (χ2v) is 6.47. The summed E-state index contributed by atoms with van der Waals surface area (Å²) >= 11 is 7.16. The number of halogens is 1. The molecule has 1 atom stereocenters. The number of aryl methyl sites for hydroxylation is 1. The summed E-state index contributed by atoms with van der Waals surface area (Å²) in [5.41, 5.74) is 0.973. The van der Waals surface area contributed by atoms with Crippen LogP contribution in [0.5, 0.6) is 5.75 Å². The number of amides is 1. The van der Waals surface area contributed by atoms with Crippen LogP contribution in [0.4, 0.5) is 0 Å². The van der Waals surface area contributed by atoms with Crippen molar-refractivity contribution in [3.63, 3.8) is 0 Å². The Labute approximate surface area is 133 Å². The fourth-order valence-electron chi connectivity index (χ4n) is 2.08.